The molecule has 1 aromatic carbocycles. The van der Waals surface area contributed by atoms with E-state index in [0.717, 1.165) is 11.3 Å². The second-order valence-corrected chi connectivity index (χ2v) is 4.49. The average molecular weight is 241 g/mol. The van der Waals surface area contributed by atoms with E-state index < -0.39 is 0 Å². The van der Waals surface area contributed by atoms with Crippen molar-refractivity contribution in [3.63, 3.8) is 0 Å². The topological polar surface area (TPSA) is 61.7 Å². The Morgan fingerprint density at radius 2 is 2.28 bits per heavy atom. The third-order valence-electron chi connectivity index (χ3n) is 2.48. The van der Waals surface area contributed by atoms with Crippen molar-refractivity contribution in [3.8, 4) is 23.1 Å². The minimum Gasteiger partial charge on any atom is -0.492 e. The zero-order chi connectivity index (χ0) is 13.0. The normalized spacial score (nSPS) is 10.3. The second-order valence-electron chi connectivity index (χ2n) is 4.49. The fourth-order valence-electron chi connectivity index (χ4n) is 1.58. The van der Waals surface area contributed by atoms with E-state index in [4.69, 9.17) is 10.00 Å². The van der Waals surface area contributed by atoms with Crippen molar-refractivity contribution in [2.75, 3.05) is 6.61 Å². The van der Waals surface area contributed by atoms with E-state index >= 15 is 0 Å². The lowest BCUT2D eigenvalue weighted by Gasteiger charge is -2.10. The van der Waals surface area contributed by atoms with Crippen molar-refractivity contribution >= 4 is 0 Å². The van der Waals surface area contributed by atoms with Crippen molar-refractivity contribution in [1.29, 1.82) is 5.26 Å². The minimum absolute atomic E-state index is 0.434. The van der Waals surface area contributed by atoms with Gasteiger partial charge in [0, 0.05) is 5.56 Å². The molecule has 0 amide bonds. The molecule has 2 aromatic rings. The predicted octanol–water partition coefficient (Wildman–Crippen LogP) is 2.98. The van der Waals surface area contributed by atoms with Gasteiger partial charge in [-0.3, -0.25) is 0 Å². The van der Waals surface area contributed by atoms with E-state index in [0.29, 0.717) is 23.8 Å². The molecule has 92 valence electrons. The van der Waals surface area contributed by atoms with Crippen molar-refractivity contribution in [1.82, 2.24) is 9.97 Å². The maximum Gasteiger partial charge on any atom is 0.137 e. The van der Waals surface area contributed by atoms with Crippen LogP contribution >= 0.6 is 0 Å². The van der Waals surface area contributed by atoms with E-state index in [9.17, 15) is 0 Å². The lowest BCUT2D eigenvalue weighted by atomic mass is 10.1. The fraction of sp³-hybridized carbons (Fsp3) is 0.286. The summed E-state index contributed by atoms with van der Waals surface area (Å²) in [6.45, 7) is 4.76. The molecule has 18 heavy (non-hydrogen) atoms. The highest BCUT2D eigenvalue weighted by Gasteiger charge is 2.07. The van der Waals surface area contributed by atoms with Crippen molar-refractivity contribution in [2.24, 2.45) is 5.92 Å². The Kier molecular flexibility index (Phi) is 3.63. The number of aromatic amines is 1. The molecule has 4 nitrogen and oxygen atoms in total. The van der Waals surface area contributed by atoms with Gasteiger partial charge in [0.1, 0.15) is 11.8 Å². The highest BCUT2D eigenvalue weighted by molar-refractivity contribution is 5.63. The van der Waals surface area contributed by atoms with E-state index in [1.165, 1.54) is 0 Å². The number of H-pyrrole nitrogens is 1. The summed E-state index contributed by atoms with van der Waals surface area (Å²) < 4.78 is 5.61. The number of ether oxygens (including phenoxy) is 1. The number of nitrogens with one attached hydrogen (secondary N) is 1. The summed E-state index contributed by atoms with van der Waals surface area (Å²) in [5.74, 6) is 1.07. The molecule has 0 fully saturated rings. The first-order chi connectivity index (χ1) is 8.70. The molecule has 2 rings (SSSR count). The molecule has 1 N–H and O–H groups in total. The Labute approximate surface area is 106 Å². The third-order valence-corrected chi connectivity index (χ3v) is 2.48. The van der Waals surface area contributed by atoms with Crippen molar-refractivity contribution in [2.45, 2.75) is 13.8 Å². The molecule has 0 spiro atoms. The first-order valence-corrected chi connectivity index (χ1v) is 5.86. The predicted molar refractivity (Wildman–Crippen MR) is 69.1 cm³/mol. The molecule has 1 heterocycles. The van der Waals surface area contributed by atoms with Crippen LogP contribution in [0.1, 0.15) is 19.4 Å². The Bertz CT molecular complexity index is 553. The van der Waals surface area contributed by atoms with Crippen LogP contribution in [0.2, 0.25) is 0 Å². The molecule has 0 bridgehead atoms. The van der Waals surface area contributed by atoms with Gasteiger partial charge in [0.15, 0.2) is 0 Å². The number of rotatable bonds is 4. The summed E-state index contributed by atoms with van der Waals surface area (Å²) in [5, 5.41) is 9.15. The first-order valence-electron chi connectivity index (χ1n) is 5.86. The van der Waals surface area contributed by atoms with Gasteiger partial charge < -0.3 is 9.72 Å². The van der Waals surface area contributed by atoms with Crippen LogP contribution in [-0.4, -0.2) is 16.6 Å². The summed E-state index contributed by atoms with van der Waals surface area (Å²) >= 11 is 0. The summed E-state index contributed by atoms with van der Waals surface area (Å²) in [4.78, 5) is 6.98. The number of nitrogens with zero attached hydrogens (tertiary/aromatic N) is 2. The maximum absolute atomic E-state index is 9.15. The van der Waals surface area contributed by atoms with Crippen LogP contribution in [0.4, 0.5) is 0 Å². The molecule has 0 aliphatic rings. The Morgan fingerprint density at radius 1 is 1.44 bits per heavy atom. The van der Waals surface area contributed by atoms with Crippen LogP contribution in [0.3, 0.4) is 0 Å². The number of hydrogen-bond acceptors (Lipinski definition) is 3. The Balaban J connectivity index is 2.27. The van der Waals surface area contributed by atoms with Gasteiger partial charge in [0.05, 0.1) is 30.4 Å². The van der Waals surface area contributed by atoms with E-state index in [1.807, 2.05) is 18.2 Å². The van der Waals surface area contributed by atoms with Crippen LogP contribution in [0.15, 0.2) is 30.7 Å². The number of imidazole rings is 1. The second kappa shape index (κ2) is 5.37. The first kappa shape index (κ1) is 12.2. The van der Waals surface area contributed by atoms with Gasteiger partial charge in [-0.15, -0.1) is 0 Å². The van der Waals surface area contributed by atoms with Crippen LogP contribution in [0.5, 0.6) is 5.75 Å². The van der Waals surface area contributed by atoms with Crippen molar-refractivity contribution in [3.05, 3.63) is 36.3 Å². The van der Waals surface area contributed by atoms with Gasteiger partial charge in [0.2, 0.25) is 0 Å². The fourth-order valence-corrected chi connectivity index (χ4v) is 1.58. The average Bonchev–Trinajstić information content (AvgIpc) is 2.90. The van der Waals surface area contributed by atoms with Gasteiger partial charge in [-0.1, -0.05) is 13.8 Å². The molecule has 0 saturated carbocycles. The minimum atomic E-state index is 0.434. The molecule has 4 heteroatoms. The van der Waals surface area contributed by atoms with Gasteiger partial charge in [-0.05, 0) is 24.1 Å². The lowest BCUT2D eigenvalue weighted by molar-refractivity contribution is 0.270. The van der Waals surface area contributed by atoms with Crippen molar-refractivity contribution < 1.29 is 4.74 Å². The molecular formula is C14H15N3O. The summed E-state index contributed by atoms with van der Waals surface area (Å²) in [5.41, 5.74) is 2.37. The van der Waals surface area contributed by atoms with Crippen LogP contribution in [-0.2, 0) is 0 Å². The smallest absolute Gasteiger partial charge is 0.137 e. The van der Waals surface area contributed by atoms with Gasteiger partial charge in [0.25, 0.3) is 0 Å². The van der Waals surface area contributed by atoms with Gasteiger partial charge in [-0.25, -0.2) is 4.98 Å². The number of hydrogen-bond donors (Lipinski definition) is 1. The van der Waals surface area contributed by atoms with Crippen LogP contribution in [0.25, 0.3) is 11.3 Å². The zero-order valence-electron chi connectivity index (χ0n) is 10.5. The summed E-state index contributed by atoms with van der Waals surface area (Å²) in [6, 6.07) is 7.72. The maximum atomic E-state index is 9.15. The van der Waals surface area contributed by atoms with Gasteiger partial charge in [-0.2, -0.15) is 5.26 Å². The quantitative estimate of drug-likeness (QED) is 0.895. The molecule has 0 aliphatic carbocycles. The van der Waals surface area contributed by atoms with Gasteiger partial charge >= 0.3 is 0 Å². The summed E-state index contributed by atoms with van der Waals surface area (Å²) in [7, 11) is 0. The molecule has 0 radical (unpaired) electrons. The third kappa shape index (κ3) is 2.69. The summed E-state index contributed by atoms with van der Waals surface area (Å²) in [6.07, 6.45) is 3.34. The highest BCUT2D eigenvalue weighted by atomic mass is 16.5. The monoisotopic (exact) mass is 241 g/mol. The molecule has 0 atom stereocenters. The van der Waals surface area contributed by atoms with E-state index in [1.54, 1.807) is 12.5 Å². The zero-order valence-corrected chi connectivity index (χ0v) is 10.5. The highest BCUT2D eigenvalue weighted by Crippen LogP contribution is 2.25. The molecule has 0 saturated heterocycles. The Morgan fingerprint density at radius 3 is 2.89 bits per heavy atom. The molecule has 0 unspecified atom stereocenters. The largest absolute Gasteiger partial charge is 0.492 e. The van der Waals surface area contributed by atoms with E-state index in [-0.39, 0.29) is 0 Å². The molecular weight excluding hydrogens is 226 g/mol. The number of benzene rings is 1. The van der Waals surface area contributed by atoms with Crippen LogP contribution < -0.4 is 4.74 Å². The molecule has 0 aliphatic heterocycles. The number of nitriles is 1. The molecule has 1 aromatic heterocycles. The number of aromatic nitrogens is 2. The lowest BCUT2D eigenvalue weighted by Crippen LogP contribution is -2.05. The van der Waals surface area contributed by atoms with Crippen LogP contribution in [0, 0.1) is 17.2 Å². The van der Waals surface area contributed by atoms with E-state index in [2.05, 4.69) is 29.9 Å². The SMILES string of the molecule is CC(C)COc1ccc(-c2cnc[nH]2)cc1C#N. The standard InChI is InChI=1S/C14H15N3O/c1-10(2)8-18-14-4-3-11(5-12(14)6-15)13-7-16-9-17-13/h3-5,7,9-10H,8H2,1-2H3,(H,16,17). The Hall–Kier alpha value is -2.28.